The number of carboxylic acids is 1. The number of hydrogen-bond donors (Lipinski definition) is 1. The van der Waals surface area contributed by atoms with Crippen LogP contribution in [0.15, 0.2) is 16.7 Å². The minimum atomic E-state index is -0.783. The third kappa shape index (κ3) is 2.80. The lowest BCUT2D eigenvalue weighted by atomic mass is 10.0. The van der Waals surface area contributed by atoms with E-state index in [2.05, 4.69) is 20.9 Å². The SMILES string of the molecule is Cc1cc(Br)cnc1CC(C)C(=O)O. The molecule has 1 N–H and O–H groups in total. The van der Waals surface area contributed by atoms with E-state index in [-0.39, 0.29) is 5.92 Å². The van der Waals surface area contributed by atoms with Crippen molar-refractivity contribution in [3.63, 3.8) is 0 Å². The molecule has 1 aromatic heterocycles. The number of aromatic nitrogens is 1. The van der Waals surface area contributed by atoms with Gasteiger partial charge in [-0.05, 0) is 34.5 Å². The molecule has 0 amide bonds. The molecule has 4 heteroatoms. The summed E-state index contributed by atoms with van der Waals surface area (Å²) in [6, 6.07) is 1.94. The maximum atomic E-state index is 10.6. The third-order valence-corrected chi connectivity index (χ3v) is 2.51. The van der Waals surface area contributed by atoms with Crippen LogP contribution in [0.1, 0.15) is 18.2 Å². The number of rotatable bonds is 3. The van der Waals surface area contributed by atoms with E-state index < -0.39 is 5.97 Å². The van der Waals surface area contributed by atoms with E-state index in [1.165, 1.54) is 0 Å². The van der Waals surface area contributed by atoms with E-state index in [0.717, 1.165) is 15.7 Å². The molecule has 0 aliphatic carbocycles. The van der Waals surface area contributed by atoms with Crippen LogP contribution in [-0.4, -0.2) is 16.1 Å². The van der Waals surface area contributed by atoms with Gasteiger partial charge in [0.05, 0.1) is 5.92 Å². The van der Waals surface area contributed by atoms with Crippen LogP contribution in [0.25, 0.3) is 0 Å². The maximum Gasteiger partial charge on any atom is 0.306 e. The lowest BCUT2D eigenvalue weighted by Gasteiger charge is -2.08. The molecule has 76 valence electrons. The van der Waals surface area contributed by atoms with E-state index >= 15 is 0 Å². The summed E-state index contributed by atoms with van der Waals surface area (Å²) in [6.45, 7) is 3.62. The van der Waals surface area contributed by atoms with Crippen LogP contribution in [0, 0.1) is 12.8 Å². The Bertz CT molecular complexity index is 352. The summed E-state index contributed by atoms with van der Waals surface area (Å²) >= 11 is 3.31. The average molecular weight is 258 g/mol. The zero-order valence-corrected chi connectivity index (χ0v) is 9.71. The van der Waals surface area contributed by atoms with Crippen molar-refractivity contribution in [3.05, 3.63) is 28.0 Å². The van der Waals surface area contributed by atoms with Crippen molar-refractivity contribution < 1.29 is 9.90 Å². The van der Waals surface area contributed by atoms with Crippen LogP contribution in [0.4, 0.5) is 0 Å². The van der Waals surface area contributed by atoms with Gasteiger partial charge in [-0.15, -0.1) is 0 Å². The van der Waals surface area contributed by atoms with Crippen molar-refractivity contribution in [2.75, 3.05) is 0 Å². The number of hydrogen-bond acceptors (Lipinski definition) is 2. The zero-order chi connectivity index (χ0) is 10.7. The lowest BCUT2D eigenvalue weighted by Crippen LogP contribution is -2.13. The fraction of sp³-hybridized carbons (Fsp3) is 0.400. The minimum absolute atomic E-state index is 0.387. The van der Waals surface area contributed by atoms with Gasteiger partial charge in [-0.2, -0.15) is 0 Å². The predicted molar refractivity (Wildman–Crippen MR) is 57.2 cm³/mol. The number of halogens is 1. The van der Waals surface area contributed by atoms with E-state index in [1.807, 2.05) is 13.0 Å². The van der Waals surface area contributed by atoms with Crippen molar-refractivity contribution in [2.45, 2.75) is 20.3 Å². The standard InChI is InChI=1S/C10H12BrNO2/c1-6-3-8(11)5-12-9(6)4-7(2)10(13)14/h3,5,7H,4H2,1-2H3,(H,13,14). The van der Waals surface area contributed by atoms with Crippen LogP contribution in [-0.2, 0) is 11.2 Å². The van der Waals surface area contributed by atoms with Crippen LogP contribution in [0.5, 0.6) is 0 Å². The third-order valence-electron chi connectivity index (χ3n) is 2.07. The molecule has 0 bridgehead atoms. The van der Waals surface area contributed by atoms with Gasteiger partial charge in [0.25, 0.3) is 0 Å². The Labute approximate surface area is 91.3 Å². The number of aliphatic carboxylic acids is 1. The van der Waals surface area contributed by atoms with Crippen molar-refractivity contribution in [1.29, 1.82) is 0 Å². The highest BCUT2D eigenvalue weighted by atomic mass is 79.9. The van der Waals surface area contributed by atoms with Gasteiger partial charge >= 0.3 is 5.97 Å². The molecule has 0 aliphatic rings. The largest absolute Gasteiger partial charge is 0.481 e. The molecule has 1 heterocycles. The van der Waals surface area contributed by atoms with Gasteiger partial charge in [0.15, 0.2) is 0 Å². The minimum Gasteiger partial charge on any atom is -0.481 e. The second-order valence-electron chi connectivity index (χ2n) is 3.36. The first-order valence-electron chi connectivity index (χ1n) is 4.34. The highest BCUT2D eigenvalue weighted by Crippen LogP contribution is 2.15. The summed E-state index contributed by atoms with van der Waals surface area (Å²) in [5.41, 5.74) is 1.87. The van der Waals surface area contributed by atoms with Gasteiger partial charge in [0.2, 0.25) is 0 Å². The topological polar surface area (TPSA) is 50.2 Å². The summed E-state index contributed by atoms with van der Waals surface area (Å²) in [5, 5.41) is 8.75. The molecule has 0 fully saturated rings. The lowest BCUT2D eigenvalue weighted by molar-refractivity contribution is -0.141. The Kier molecular flexibility index (Phi) is 3.63. The number of carboxylic acid groups (broad SMARTS) is 1. The first-order chi connectivity index (χ1) is 6.50. The average Bonchev–Trinajstić information content (AvgIpc) is 2.09. The Morgan fingerprint density at radius 2 is 2.36 bits per heavy atom. The summed E-state index contributed by atoms with van der Waals surface area (Å²) in [5.74, 6) is -1.17. The van der Waals surface area contributed by atoms with Gasteiger partial charge in [0.1, 0.15) is 0 Å². The molecule has 0 saturated carbocycles. The van der Waals surface area contributed by atoms with Crippen LogP contribution < -0.4 is 0 Å². The first-order valence-corrected chi connectivity index (χ1v) is 5.14. The van der Waals surface area contributed by atoms with E-state index in [9.17, 15) is 4.79 Å². The fourth-order valence-electron chi connectivity index (χ4n) is 1.16. The molecule has 3 nitrogen and oxygen atoms in total. The van der Waals surface area contributed by atoms with Crippen LogP contribution >= 0.6 is 15.9 Å². The van der Waals surface area contributed by atoms with Crippen LogP contribution in [0.3, 0.4) is 0 Å². The molecule has 1 unspecified atom stereocenters. The molecule has 1 rings (SSSR count). The number of nitrogens with zero attached hydrogens (tertiary/aromatic N) is 1. The maximum absolute atomic E-state index is 10.6. The summed E-state index contributed by atoms with van der Waals surface area (Å²) in [4.78, 5) is 14.8. The smallest absolute Gasteiger partial charge is 0.306 e. The van der Waals surface area contributed by atoms with E-state index in [4.69, 9.17) is 5.11 Å². The summed E-state index contributed by atoms with van der Waals surface area (Å²) in [7, 11) is 0. The van der Waals surface area contributed by atoms with Crippen molar-refractivity contribution >= 4 is 21.9 Å². The quantitative estimate of drug-likeness (QED) is 0.905. The predicted octanol–water partition coefficient (Wildman–Crippen LogP) is 2.42. The molecular formula is C10H12BrNO2. The van der Waals surface area contributed by atoms with Gasteiger partial charge in [-0.1, -0.05) is 6.92 Å². The molecule has 1 aromatic rings. The fourth-order valence-corrected chi connectivity index (χ4v) is 1.61. The number of aryl methyl sites for hydroxylation is 1. The first kappa shape index (κ1) is 11.2. The molecule has 0 aromatic carbocycles. The van der Waals surface area contributed by atoms with Crippen LogP contribution in [0.2, 0.25) is 0 Å². The normalized spacial score (nSPS) is 12.5. The van der Waals surface area contributed by atoms with Gasteiger partial charge in [-0.3, -0.25) is 9.78 Å². The molecule has 0 aliphatic heterocycles. The number of carbonyl (C=O) groups is 1. The highest BCUT2D eigenvalue weighted by molar-refractivity contribution is 9.10. The van der Waals surface area contributed by atoms with Gasteiger partial charge in [0, 0.05) is 22.8 Å². The van der Waals surface area contributed by atoms with Gasteiger partial charge in [-0.25, -0.2) is 0 Å². The van der Waals surface area contributed by atoms with Crippen molar-refractivity contribution in [2.24, 2.45) is 5.92 Å². The number of pyridine rings is 1. The summed E-state index contributed by atoms with van der Waals surface area (Å²) < 4.78 is 0.918. The van der Waals surface area contributed by atoms with Crippen molar-refractivity contribution in [3.8, 4) is 0 Å². The highest BCUT2D eigenvalue weighted by Gasteiger charge is 2.13. The Morgan fingerprint density at radius 1 is 1.71 bits per heavy atom. The molecule has 0 radical (unpaired) electrons. The molecular weight excluding hydrogens is 246 g/mol. The second-order valence-corrected chi connectivity index (χ2v) is 4.28. The monoisotopic (exact) mass is 257 g/mol. The summed E-state index contributed by atoms with van der Waals surface area (Å²) in [6.07, 6.45) is 2.17. The van der Waals surface area contributed by atoms with E-state index in [0.29, 0.717) is 6.42 Å². The zero-order valence-electron chi connectivity index (χ0n) is 8.12. The Hall–Kier alpha value is -0.900. The molecule has 1 atom stereocenters. The van der Waals surface area contributed by atoms with Crippen molar-refractivity contribution in [1.82, 2.24) is 4.98 Å². The van der Waals surface area contributed by atoms with E-state index in [1.54, 1.807) is 13.1 Å². The van der Waals surface area contributed by atoms with Gasteiger partial charge < -0.3 is 5.11 Å². The Balaban J connectivity index is 2.82. The molecule has 0 saturated heterocycles. The Morgan fingerprint density at radius 3 is 2.86 bits per heavy atom. The second kappa shape index (κ2) is 4.55. The molecule has 0 spiro atoms. The molecule has 14 heavy (non-hydrogen) atoms.